The molecule has 0 spiro atoms. The van der Waals surface area contributed by atoms with Crippen LogP contribution in [0.5, 0.6) is 5.75 Å². The summed E-state index contributed by atoms with van der Waals surface area (Å²) in [5, 5.41) is 5.01. The van der Waals surface area contributed by atoms with Crippen LogP contribution < -0.4 is 15.4 Å². The Hall–Kier alpha value is -2.70. The number of ether oxygens (including phenoxy) is 1. The lowest BCUT2D eigenvalue weighted by molar-refractivity contribution is -0.137. The summed E-state index contributed by atoms with van der Waals surface area (Å²) >= 11 is 0. The molecule has 0 aliphatic heterocycles. The van der Waals surface area contributed by atoms with Crippen LogP contribution in [0.1, 0.15) is 11.1 Å². The maximum absolute atomic E-state index is 12.4. The summed E-state index contributed by atoms with van der Waals surface area (Å²) in [7, 11) is 0. The summed E-state index contributed by atoms with van der Waals surface area (Å²) in [5.74, 6) is 0.700. The van der Waals surface area contributed by atoms with Crippen LogP contribution in [0.2, 0.25) is 0 Å². The SMILES string of the molecule is Cc1ccc(OCCNC(=O)Nc2ccc(C(F)(F)F)cc2)cc1. The van der Waals surface area contributed by atoms with Gasteiger partial charge in [0.05, 0.1) is 12.1 Å². The van der Waals surface area contributed by atoms with Gasteiger partial charge >= 0.3 is 12.2 Å². The second kappa shape index (κ2) is 7.72. The van der Waals surface area contributed by atoms with Crippen LogP contribution in [0, 0.1) is 6.92 Å². The van der Waals surface area contributed by atoms with E-state index in [-0.39, 0.29) is 18.8 Å². The minimum absolute atomic E-state index is 0.264. The van der Waals surface area contributed by atoms with E-state index in [4.69, 9.17) is 4.74 Å². The summed E-state index contributed by atoms with van der Waals surface area (Å²) in [6, 6.07) is 11.2. The number of carbonyl (C=O) groups excluding carboxylic acids is 1. The van der Waals surface area contributed by atoms with Crippen LogP contribution in [0.25, 0.3) is 0 Å². The number of carbonyl (C=O) groups is 1. The Morgan fingerprint density at radius 3 is 2.25 bits per heavy atom. The second-order valence-electron chi connectivity index (χ2n) is 5.12. The zero-order chi connectivity index (χ0) is 17.6. The van der Waals surface area contributed by atoms with Crippen LogP contribution in [-0.4, -0.2) is 19.2 Å². The predicted octanol–water partition coefficient (Wildman–Crippen LogP) is 4.21. The van der Waals surface area contributed by atoms with Crippen LogP contribution in [-0.2, 0) is 6.18 Å². The molecule has 2 aromatic rings. The van der Waals surface area contributed by atoms with Gasteiger partial charge in [0.1, 0.15) is 12.4 Å². The molecule has 2 N–H and O–H groups in total. The number of aryl methyl sites for hydroxylation is 1. The minimum Gasteiger partial charge on any atom is -0.492 e. The molecule has 0 aromatic heterocycles. The number of nitrogens with one attached hydrogen (secondary N) is 2. The number of rotatable bonds is 5. The third-order valence-corrected chi connectivity index (χ3v) is 3.15. The van der Waals surface area contributed by atoms with Gasteiger partial charge in [-0.15, -0.1) is 0 Å². The van der Waals surface area contributed by atoms with E-state index in [1.54, 1.807) is 0 Å². The van der Waals surface area contributed by atoms with E-state index in [9.17, 15) is 18.0 Å². The van der Waals surface area contributed by atoms with E-state index in [0.717, 1.165) is 17.7 Å². The first kappa shape index (κ1) is 17.7. The van der Waals surface area contributed by atoms with Crippen molar-refractivity contribution in [2.24, 2.45) is 0 Å². The first-order valence-corrected chi connectivity index (χ1v) is 7.26. The molecule has 2 rings (SSSR count). The molecule has 7 heteroatoms. The Morgan fingerprint density at radius 1 is 1.04 bits per heavy atom. The molecule has 128 valence electrons. The molecule has 0 atom stereocenters. The monoisotopic (exact) mass is 338 g/mol. The van der Waals surface area contributed by atoms with Gasteiger partial charge in [0.25, 0.3) is 0 Å². The predicted molar refractivity (Wildman–Crippen MR) is 85.1 cm³/mol. The fourth-order valence-electron chi connectivity index (χ4n) is 1.89. The number of hydrogen-bond acceptors (Lipinski definition) is 2. The lowest BCUT2D eigenvalue weighted by Gasteiger charge is -2.10. The number of anilines is 1. The molecule has 0 saturated carbocycles. The zero-order valence-corrected chi connectivity index (χ0v) is 13.0. The fraction of sp³-hybridized carbons (Fsp3) is 0.235. The molecule has 0 fully saturated rings. The molecular formula is C17H17F3N2O2. The summed E-state index contributed by atoms with van der Waals surface area (Å²) in [6.07, 6.45) is -4.39. The Balaban J connectivity index is 1.72. The number of alkyl halides is 3. The highest BCUT2D eigenvalue weighted by Gasteiger charge is 2.29. The van der Waals surface area contributed by atoms with E-state index in [1.807, 2.05) is 31.2 Å². The van der Waals surface area contributed by atoms with Gasteiger partial charge in [-0.2, -0.15) is 13.2 Å². The van der Waals surface area contributed by atoms with Gasteiger partial charge in [-0.3, -0.25) is 0 Å². The quantitative estimate of drug-likeness (QED) is 0.802. The Bertz CT molecular complexity index is 668. The maximum Gasteiger partial charge on any atom is 0.416 e. The van der Waals surface area contributed by atoms with E-state index >= 15 is 0 Å². The Labute approximate surface area is 137 Å². The largest absolute Gasteiger partial charge is 0.492 e. The van der Waals surface area contributed by atoms with Crippen molar-refractivity contribution >= 4 is 11.7 Å². The van der Waals surface area contributed by atoms with Crippen LogP contribution in [0.3, 0.4) is 0 Å². The van der Waals surface area contributed by atoms with Crippen molar-refractivity contribution in [3.8, 4) is 5.75 Å². The smallest absolute Gasteiger partial charge is 0.416 e. The van der Waals surface area contributed by atoms with Crippen molar-refractivity contribution < 1.29 is 22.7 Å². The number of hydrogen-bond donors (Lipinski definition) is 2. The lowest BCUT2D eigenvalue weighted by Crippen LogP contribution is -2.32. The molecule has 2 aromatic carbocycles. The van der Waals surface area contributed by atoms with Gasteiger partial charge in [-0.1, -0.05) is 17.7 Å². The molecular weight excluding hydrogens is 321 g/mol. The van der Waals surface area contributed by atoms with Gasteiger partial charge in [0.15, 0.2) is 0 Å². The summed E-state index contributed by atoms with van der Waals surface area (Å²) < 4.78 is 42.8. The van der Waals surface area contributed by atoms with E-state index < -0.39 is 17.8 Å². The highest BCUT2D eigenvalue weighted by molar-refractivity contribution is 5.89. The number of amides is 2. The van der Waals surface area contributed by atoms with Gasteiger partial charge in [0, 0.05) is 5.69 Å². The van der Waals surface area contributed by atoms with Crippen molar-refractivity contribution in [3.05, 3.63) is 59.7 Å². The highest BCUT2D eigenvalue weighted by Crippen LogP contribution is 2.29. The van der Waals surface area contributed by atoms with E-state index in [2.05, 4.69) is 10.6 Å². The first-order valence-electron chi connectivity index (χ1n) is 7.26. The van der Waals surface area contributed by atoms with Crippen molar-refractivity contribution in [1.29, 1.82) is 0 Å². The minimum atomic E-state index is -4.39. The lowest BCUT2D eigenvalue weighted by atomic mass is 10.2. The Morgan fingerprint density at radius 2 is 1.67 bits per heavy atom. The van der Waals surface area contributed by atoms with Crippen LogP contribution >= 0.6 is 0 Å². The normalized spacial score (nSPS) is 11.0. The van der Waals surface area contributed by atoms with Gasteiger partial charge in [-0.05, 0) is 43.3 Å². The van der Waals surface area contributed by atoms with Crippen LogP contribution in [0.15, 0.2) is 48.5 Å². The van der Waals surface area contributed by atoms with E-state index in [0.29, 0.717) is 5.75 Å². The molecule has 4 nitrogen and oxygen atoms in total. The second-order valence-corrected chi connectivity index (χ2v) is 5.12. The third-order valence-electron chi connectivity index (χ3n) is 3.15. The summed E-state index contributed by atoms with van der Waals surface area (Å²) in [5.41, 5.74) is 0.635. The molecule has 24 heavy (non-hydrogen) atoms. The van der Waals surface area contributed by atoms with Gasteiger partial charge in [-0.25, -0.2) is 4.79 Å². The molecule has 0 radical (unpaired) electrons. The Kier molecular flexibility index (Phi) is 5.68. The fourth-order valence-corrected chi connectivity index (χ4v) is 1.89. The maximum atomic E-state index is 12.4. The molecule has 0 heterocycles. The summed E-state index contributed by atoms with van der Waals surface area (Å²) in [4.78, 5) is 11.7. The molecule has 0 aliphatic carbocycles. The third kappa shape index (κ3) is 5.49. The number of benzene rings is 2. The van der Waals surface area contributed by atoms with Crippen molar-refractivity contribution in [2.75, 3.05) is 18.5 Å². The molecule has 2 amide bonds. The average Bonchev–Trinajstić information content (AvgIpc) is 2.53. The average molecular weight is 338 g/mol. The summed E-state index contributed by atoms with van der Waals surface area (Å²) in [6.45, 7) is 2.51. The molecule has 0 saturated heterocycles. The molecule has 0 bridgehead atoms. The van der Waals surface area contributed by atoms with Gasteiger partial charge < -0.3 is 15.4 Å². The highest BCUT2D eigenvalue weighted by atomic mass is 19.4. The van der Waals surface area contributed by atoms with Gasteiger partial charge in [0.2, 0.25) is 0 Å². The topological polar surface area (TPSA) is 50.4 Å². The first-order chi connectivity index (χ1) is 11.3. The zero-order valence-electron chi connectivity index (χ0n) is 13.0. The molecule has 0 aliphatic rings. The van der Waals surface area contributed by atoms with Crippen molar-refractivity contribution in [1.82, 2.24) is 5.32 Å². The van der Waals surface area contributed by atoms with Crippen molar-refractivity contribution in [3.63, 3.8) is 0 Å². The van der Waals surface area contributed by atoms with E-state index in [1.165, 1.54) is 12.1 Å². The standard InChI is InChI=1S/C17H17F3N2O2/c1-12-2-8-15(9-3-12)24-11-10-21-16(23)22-14-6-4-13(5-7-14)17(18,19)20/h2-9H,10-11H2,1H3,(H2,21,22,23). The number of halogens is 3. The molecule has 0 unspecified atom stereocenters. The number of urea groups is 1. The van der Waals surface area contributed by atoms with Crippen LogP contribution in [0.4, 0.5) is 23.7 Å². The van der Waals surface area contributed by atoms with Crippen molar-refractivity contribution in [2.45, 2.75) is 13.1 Å².